The molecule has 0 saturated carbocycles. The summed E-state index contributed by atoms with van der Waals surface area (Å²) in [4.78, 5) is 24.1. The Morgan fingerprint density at radius 3 is 2.38 bits per heavy atom. The second-order valence-electron chi connectivity index (χ2n) is 6.04. The number of benzene rings is 2. The maximum Gasteiger partial charge on any atom is 0.250 e. The van der Waals surface area contributed by atoms with Crippen LogP contribution in [0.5, 0.6) is 0 Å². The SMILES string of the molecule is COCC(=O)Nc1cccc(NC(=O)Cn2c(C)cc3ccccc32)c1. The highest BCUT2D eigenvalue weighted by Gasteiger charge is 2.10. The minimum Gasteiger partial charge on any atom is -0.375 e. The first kappa shape index (κ1) is 17.7. The summed E-state index contributed by atoms with van der Waals surface area (Å²) in [5.41, 5.74) is 3.29. The number of aryl methyl sites for hydroxylation is 1. The molecule has 0 radical (unpaired) electrons. The van der Waals surface area contributed by atoms with Crippen LogP contribution < -0.4 is 10.6 Å². The van der Waals surface area contributed by atoms with Crippen molar-refractivity contribution in [2.75, 3.05) is 24.4 Å². The van der Waals surface area contributed by atoms with Crippen molar-refractivity contribution in [3.05, 3.63) is 60.3 Å². The highest BCUT2D eigenvalue weighted by Crippen LogP contribution is 2.20. The predicted molar refractivity (Wildman–Crippen MR) is 102 cm³/mol. The van der Waals surface area contributed by atoms with Crippen LogP contribution in [0.15, 0.2) is 54.6 Å². The van der Waals surface area contributed by atoms with Gasteiger partial charge in [-0.25, -0.2) is 0 Å². The molecule has 1 heterocycles. The summed E-state index contributed by atoms with van der Waals surface area (Å²) < 4.78 is 6.77. The van der Waals surface area contributed by atoms with Crippen molar-refractivity contribution in [1.82, 2.24) is 4.57 Å². The van der Waals surface area contributed by atoms with Crippen molar-refractivity contribution < 1.29 is 14.3 Å². The van der Waals surface area contributed by atoms with Crippen LogP contribution in [-0.2, 0) is 20.9 Å². The van der Waals surface area contributed by atoms with Gasteiger partial charge in [0.25, 0.3) is 0 Å². The Bertz CT molecular complexity index is 946. The summed E-state index contributed by atoms with van der Waals surface area (Å²) in [6.45, 7) is 2.19. The highest BCUT2D eigenvalue weighted by molar-refractivity contribution is 5.95. The van der Waals surface area contributed by atoms with E-state index in [0.717, 1.165) is 16.6 Å². The van der Waals surface area contributed by atoms with Crippen LogP contribution >= 0.6 is 0 Å². The first-order chi connectivity index (χ1) is 12.6. The van der Waals surface area contributed by atoms with E-state index in [1.54, 1.807) is 24.3 Å². The molecule has 1 aromatic heterocycles. The summed E-state index contributed by atoms with van der Waals surface area (Å²) in [6, 6.07) is 17.1. The summed E-state index contributed by atoms with van der Waals surface area (Å²) >= 11 is 0. The Balaban J connectivity index is 1.70. The van der Waals surface area contributed by atoms with Crippen LogP contribution in [0.3, 0.4) is 0 Å². The maximum absolute atomic E-state index is 12.5. The second-order valence-corrected chi connectivity index (χ2v) is 6.04. The quantitative estimate of drug-likeness (QED) is 0.716. The lowest BCUT2D eigenvalue weighted by atomic mass is 10.2. The van der Waals surface area contributed by atoms with Gasteiger partial charge in [0.2, 0.25) is 11.8 Å². The Kier molecular flexibility index (Phi) is 5.34. The van der Waals surface area contributed by atoms with Gasteiger partial charge in [-0.1, -0.05) is 24.3 Å². The number of amides is 2. The molecule has 0 aliphatic rings. The molecule has 0 atom stereocenters. The molecular formula is C20H21N3O3. The molecule has 3 aromatic rings. The Morgan fingerprint density at radius 1 is 0.962 bits per heavy atom. The van der Waals surface area contributed by atoms with Crippen LogP contribution in [0.25, 0.3) is 10.9 Å². The first-order valence-corrected chi connectivity index (χ1v) is 8.30. The van der Waals surface area contributed by atoms with E-state index in [0.29, 0.717) is 11.4 Å². The zero-order valence-corrected chi connectivity index (χ0v) is 14.8. The minimum absolute atomic E-state index is 0.0173. The van der Waals surface area contributed by atoms with E-state index < -0.39 is 0 Å². The van der Waals surface area contributed by atoms with Gasteiger partial charge in [0.1, 0.15) is 13.2 Å². The molecule has 6 heteroatoms. The van der Waals surface area contributed by atoms with Crippen LogP contribution in [0.1, 0.15) is 5.69 Å². The molecule has 0 saturated heterocycles. The summed E-state index contributed by atoms with van der Waals surface area (Å²) in [5.74, 6) is -0.375. The summed E-state index contributed by atoms with van der Waals surface area (Å²) in [5, 5.41) is 6.70. The molecule has 3 rings (SSSR count). The number of rotatable bonds is 6. The number of para-hydroxylation sites is 1. The fourth-order valence-electron chi connectivity index (χ4n) is 2.91. The fraction of sp³-hybridized carbons (Fsp3) is 0.200. The van der Waals surface area contributed by atoms with Gasteiger partial charge >= 0.3 is 0 Å². The standard InChI is InChI=1S/C20H21N3O3/c1-14-10-15-6-3-4-9-18(15)23(14)12-19(24)21-16-7-5-8-17(11-16)22-20(25)13-26-2/h3-11H,12-13H2,1-2H3,(H,21,24)(H,22,25). The van der Waals surface area contributed by atoms with Crippen LogP contribution in [0, 0.1) is 6.92 Å². The molecule has 0 spiro atoms. The first-order valence-electron chi connectivity index (χ1n) is 8.30. The maximum atomic E-state index is 12.5. The van der Waals surface area contributed by atoms with Gasteiger partial charge in [0.15, 0.2) is 0 Å². The zero-order chi connectivity index (χ0) is 18.5. The predicted octanol–water partition coefficient (Wildman–Crippen LogP) is 3.17. The lowest BCUT2D eigenvalue weighted by Gasteiger charge is -2.11. The third-order valence-corrected chi connectivity index (χ3v) is 4.02. The van der Waals surface area contributed by atoms with Crippen molar-refractivity contribution in [3.8, 4) is 0 Å². The fourth-order valence-corrected chi connectivity index (χ4v) is 2.91. The number of hydrogen-bond donors (Lipinski definition) is 2. The number of carbonyl (C=O) groups excluding carboxylic acids is 2. The zero-order valence-electron chi connectivity index (χ0n) is 14.8. The van der Waals surface area contributed by atoms with Crippen molar-refractivity contribution >= 4 is 34.1 Å². The molecule has 2 N–H and O–H groups in total. The summed E-state index contributed by atoms with van der Waals surface area (Å²) in [6.07, 6.45) is 0. The largest absolute Gasteiger partial charge is 0.375 e. The van der Waals surface area contributed by atoms with Crippen molar-refractivity contribution in [3.63, 3.8) is 0 Å². The molecular weight excluding hydrogens is 330 g/mol. The monoisotopic (exact) mass is 351 g/mol. The minimum atomic E-state index is -0.245. The number of aromatic nitrogens is 1. The number of nitrogens with zero attached hydrogens (tertiary/aromatic N) is 1. The molecule has 0 fully saturated rings. The number of hydrogen-bond acceptors (Lipinski definition) is 3. The number of ether oxygens (including phenoxy) is 1. The van der Waals surface area contributed by atoms with E-state index in [2.05, 4.69) is 16.7 Å². The van der Waals surface area contributed by atoms with Gasteiger partial charge in [0.05, 0.1) is 0 Å². The molecule has 0 aliphatic heterocycles. The van der Waals surface area contributed by atoms with Gasteiger partial charge in [-0.05, 0) is 42.6 Å². The van der Waals surface area contributed by atoms with Crippen molar-refractivity contribution in [2.24, 2.45) is 0 Å². The average molecular weight is 351 g/mol. The molecule has 26 heavy (non-hydrogen) atoms. The van der Waals surface area contributed by atoms with Crippen LogP contribution in [0.2, 0.25) is 0 Å². The lowest BCUT2D eigenvalue weighted by molar-refractivity contribution is -0.119. The second kappa shape index (κ2) is 7.84. The van der Waals surface area contributed by atoms with Gasteiger partial charge in [-0.15, -0.1) is 0 Å². The number of fused-ring (bicyclic) bond motifs is 1. The van der Waals surface area contributed by atoms with Gasteiger partial charge < -0.3 is 19.9 Å². The Labute approximate surface area is 151 Å². The highest BCUT2D eigenvalue weighted by atomic mass is 16.5. The average Bonchev–Trinajstić information content (AvgIpc) is 2.91. The van der Waals surface area contributed by atoms with Gasteiger partial charge in [-0.2, -0.15) is 0 Å². The van der Waals surface area contributed by atoms with E-state index in [-0.39, 0.29) is 25.0 Å². The molecule has 6 nitrogen and oxygen atoms in total. The molecule has 0 unspecified atom stereocenters. The van der Waals surface area contributed by atoms with Gasteiger partial charge in [-0.3, -0.25) is 9.59 Å². The van der Waals surface area contributed by atoms with Crippen molar-refractivity contribution in [2.45, 2.75) is 13.5 Å². The van der Waals surface area contributed by atoms with Crippen LogP contribution in [0.4, 0.5) is 11.4 Å². The molecule has 2 aromatic carbocycles. The molecule has 134 valence electrons. The molecule has 2 amide bonds. The van der Waals surface area contributed by atoms with Gasteiger partial charge in [0, 0.05) is 29.7 Å². The third-order valence-electron chi connectivity index (χ3n) is 4.02. The smallest absolute Gasteiger partial charge is 0.250 e. The Morgan fingerprint density at radius 2 is 1.65 bits per heavy atom. The van der Waals surface area contributed by atoms with Crippen LogP contribution in [-0.4, -0.2) is 30.1 Å². The third kappa shape index (κ3) is 4.10. The Hall–Kier alpha value is -3.12. The van der Waals surface area contributed by atoms with E-state index in [4.69, 9.17) is 4.74 Å². The number of methoxy groups -OCH3 is 1. The summed E-state index contributed by atoms with van der Waals surface area (Å²) in [7, 11) is 1.46. The van der Waals surface area contributed by atoms with E-state index in [1.165, 1.54) is 7.11 Å². The number of anilines is 2. The topological polar surface area (TPSA) is 72.4 Å². The lowest BCUT2D eigenvalue weighted by Crippen LogP contribution is -2.20. The van der Waals surface area contributed by atoms with Crippen molar-refractivity contribution in [1.29, 1.82) is 0 Å². The van der Waals surface area contributed by atoms with E-state index in [9.17, 15) is 9.59 Å². The molecule has 0 aliphatic carbocycles. The normalized spacial score (nSPS) is 10.7. The van der Waals surface area contributed by atoms with E-state index >= 15 is 0 Å². The number of nitrogens with one attached hydrogen (secondary N) is 2. The number of carbonyl (C=O) groups is 2. The molecule has 0 bridgehead atoms. The van der Waals surface area contributed by atoms with E-state index in [1.807, 2.05) is 35.8 Å².